The van der Waals surface area contributed by atoms with Crippen LogP contribution in [0.3, 0.4) is 0 Å². The second-order valence-corrected chi connectivity index (χ2v) is 8.21. The minimum absolute atomic E-state index is 0.145. The second kappa shape index (κ2) is 6.74. The van der Waals surface area contributed by atoms with E-state index < -0.39 is 22.1 Å². The van der Waals surface area contributed by atoms with Gasteiger partial charge >= 0.3 is 6.03 Å². The number of sulfonamides is 1. The third-order valence-electron chi connectivity index (χ3n) is 3.99. The molecule has 6 heteroatoms. The summed E-state index contributed by atoms with van der Waals surface area (Å²) < 4.78 is 26.9. The third kappa shape index (κ3) is 3.58. The molecule has 1 aliphatic heterocycles. The van der Waals surface area contributed by atoms with Gasteiger partial charge < -0.3 is 5.32 Å². The Hall–Kier alpha value is -1.82. The van der Waals surface area contributed by atoms with Gasteiger partial charge in [-0.3, -0.25) is 0 Å². The molecular weight excluding hydrogens is 312 g/mol. The van der Waals surface area contributed by atoms with E-state index in [1.807, 2.05) is 20.8 Å². The zero-order chi connectivity index (χ0) is 17.2. The molecule has 2 amide bonds. The number of carbonyl (C=O) groups is 1. The smallest absolute Gasteiger partial charge is 0.331 e. The van der Waals surface area contributed by atoms with Gasteiger partial charge in [-0.1, -0.05) is 37.6 Å². The SMILES string of the molecule is C=CC[C@@H]1NC(=O)N(S(=O)(=O)c2ccc(C)cc2)[C@H]1CC(C)C. The minimum atomic E-state index is -3.86. The first kappa shape index (κ1) is 17.5. The molecular formula is C17H24N2O3S. The molecule has 0 aliphatic carbocycles. The van der Waals surface area contributed by atoms with Gasteiger partial charge in [0, 0.05) is 0 Å². The normalized spacial score (nSPS) is 21.6. The van der Waals surface area contributed by atoms with Gasteiger partial charge in [0.2, 0.25) is 0 Å². The Morgan fingerprint density at radius 3 is 2.43 bits per heavy atom. The van der Waals surface area contributed by atoms with Crippen molar-refractivity contribution in [3.05, 3.63) is 42.5 Å². The first-order chi connectivity index (χ1) is 10.8. The van der Waals surface area contributed by atoms with Crippen LogP contribution in [0.15, 0.2) is 41.8 Å². The number of urea groups is 1. The number of aryl methyl sites for hydroxylation is 1. The van der Waals surface area contributed by atoms with Crippen LogP contribution >= 0.6 is 0 Å². The predicted octanol–water partition coefficient (Wildman–Crippen LogP) is 3.07. The van der Waals surface area contributed by atoms with Gasteiger partial charge in [-0.25, -0.2) is 17.5 Å². The lowest BCUT2D eigenvalue weighted by Gasteiger charge is -2.27. The Balaban J connectivity index is 2.42. The number of carbonyl (C=O) groups excluding carboxylic acids is 1. The molecule has 1 fully saturated rings. The average molecular weight is 336 g/mol. The Labute approximate surface area is 138 Å². The fraction of sp³-hybridized carbons (Fsp3) is 0.471. The molecule has 0 spiro atoms. The largest absolute Gasteiger partial charge is 0.332 e. The summed E-state index contributed by atoms with van der Waals surface area (Å²) in [6.45, 7) is 9.62. The van der Waals surface area contributed by atoms with Gasteiger partial charge in [-0.2, -0.15) is 0 Å². The van der Waals surface area contributed by atoms with Gasteiger partial charge in [-0.05, 0) is 37.8 Å². The van der Waals surface area contributed by atoms with Crippen LogP contribution in [0.4, 0.5) is 4.79 Å². The van der Waals surface area contributed by atoms with Crippen molar-refractivity contribution in [3.63, 3.8) is 0 Å². The molecule has 5 nitrogen and oxygen atoms in total. The second-order valence-electron chi connectivity index (χ2n) is 6.39. The fourth-order valence-electron chi connectivity index (χ4n) is 2.88. The Kier molecular flexibility index (Phi) is 5.14. The lowest BCUT2D eigenvalue weighted by molar-refractivity contribution is 0.228. The highest BCUT2D eigenvalue weighted by molar-refractivity contribution is 7.89. The highest BCUT2D eigenvalue weighted by Crippen LogP contribution is 2.29. The quantitative estimate of drug-likeness (QED) is 0.812. The lowest BCUT2D eigenvalue weighted by atomic mass is 9.97. The molecule has 0 unspecified atom stereocenters. The monoisotopic (exact) mass is 336 g/mol. The zero-order valence-electron chi connectivity index (χ0n) is 13.8. The van der Waals surface area contributed by atoms with E-state index in [1.54, 1.807) is 30.3 Å². The molecule has 0 radical (unpaired) electrons. The summed E-state index contributed by atoms with van der Waals surface area (Å²) in [5.74, 6) is 0.274. The van der Waals surface area contributed by atoms with E-state index in [4.69, 9.17) is 0 Å². The number of rotatable bonds is 6. The number of benzene rings is 1. The maximum absolute atomic E-state index is 12.9. The van der Waals surface area contributed by atoms with Gasteiger partial charge in [0.15, 0.2) is 0 Å². The topological polar surface area (TPSA) is 66.5 Å². The first-order valence-electron chi connectivity index (χ1n) is 7.80. The van der Waals surface area contributed by atoms with Gasteiger partial charge in [0.25, 0.3) is 10.0 Å². The van der Waals surface area contributed by atoms with Crippen molar-refractivity contribution in [2.24, 2.45) is 5.92 Å². The number of amides is 2. The summed E-state index contributed by atoms with van der Waals surface area (Å²) in [5, 5.41) is 2.78. The molecule has 0 bridgehead atoms. The van der Waals surface area contributed by atoms with Crippen LogP contribution in [0.1, 0.15) is 32.3 Å². The fourth-order valence-corrected chi connectivity index (χ4v) is 4.45. The molecule has 2 atom stereocenters. The number of nitrogens with zero attached hydrogens (tertiary/aromatic N) is 1. The molecule has 2 rings (SSSR count). The van der Waals surface area contributed by atoms with Crippen molar-refractivity contribution < 1.29 is 13.2 Å². The van der Waals surface area contributed by atoms with E-state index >= 15 is 0 Å². The summed E-state index contributed by atoms with van der Waals surface area (Å²) in [6, 6.07) is 5.38. The molecule has 126 valence electrons. The number of nitrogens with one attached hydrogen (secondary N) is 1. The highest BCUT2D eigenvalue weighted by atomic mass is 32.2. The number of hydrogen-bond acceptors (Lipinski definition) is 3. The van der Waals surface area contributed by atoms with Crippen LogP contribution in [0.2, 0.25) is 0 Å². The molecule has 1 aromatic rings. The Morgan fingerprint density at radius 2 is 1.91 bits per heavy atom. The Morgan fingerprint density at radius 1 is 1.30 bits per heavy atom. The maximum Gasteiger partial charge on any atom is 0.331 e. The summed E-state index contributed by atoms with van der Waals surface area (Å²) in [4.78, 5) is 12.5. The molecule has 1 saturated heterocycles. The number of hydrogen-bond donors (Lipinski definition) is 1. The van der Waals surface area contributed by atoms with E-state index in [2.05, 4.69) is 11.9 Å². The average Bonchev–Trinajstić information content (AvgIpc) is 2.75. The van der Waals surface area contributed by atoms with Gasteiger partial charge in [-0.15, -0.1) is 6.58 Å². The van der Waals surface area contributed by atoms with E-state index in [-0.39, 0.29) is 16.9 Å². The Bertz CT molecular complexity index is 680. The van der Waals surface area contributed by atoms with E-state index in [9.17, 15) is 13.2 Å². The van der Waals surface area contributed by atoms with Crippen LogP contribution < -0.4 is 5.32 Å². The summed E-state index contributed by atoms with van der Waals surface area (Å²) >= 11 is 0. The van der Waals surface area contributed by atoms with Crippen molar-refractivity contribution in [2.45, 2.75) is 50.6 Å². The van der Waals surface area contributed by atoms with Crippen LogP contribution in [-0.4, -0.2) is 30.8 Å². The van der Waals surface area contributed by atoms with Crippen molar-refractivity contribution >= 4 is 16.1 Å². The molecule has 1 heterocycles. The summed E-state index contributed by atoms with van der Waals surface area (Å²) in [5.41, 5.74) is 0.970. The van der Waals surface area contributed by atoms with Crippen LogP contribution in [0, 0.1) is 12.8 Å². The van der Waals surface area contributed by atoms with Crippen molar-refractivity contribution in [2.75, 3.05) is 0 Å². The summed E-state index contributed by atoms with van der Waals surface area (Å²) in [7, 11) is -3.86. The lowest BCUT2D eigenvalue weighted by Crippen LogP contribution is -2.41. The van der Waals surface area contributed by atoms with Gasteiger partial charge in [0.05, 0.1) is 17.0 Å². The molecule has 1 aromatic carbocycles. The van der Waals surface area contributed by atoms with E-state index in [0.717, 1.165) is 9.87 Å². The standard InChI is InChI=1S/C17H24N2O3S/c1-5-6-15-16(11-12(2)3)19(17(20)18-15)23(21,22)14-9-7-13(4)8-10-14/h5,7-10,12,15-16H,1,6,11H2,2-4H3,(H,18,20)/t15-,16-/m0/s1. The molecule has 0 saturated carbocycles. The van der Waals surface area contributed by atoms with Crippen molar-refractivity contribution in [3.8, 4) is 0 Å². The molecule has 0 aromatic heterocycles. The predicted molar refractivity (Wildman–Crippen MR) is 90.6 cm³/mol. The maximum atomic E-state index is 12.9. The highest BCUT2D eigenvalue weighted by Gasteiger charge is 2.45. The molecule has 23 heavy (non-hydrogen) atoms. The van der Waals surface area contributed by atoms with Crippen LogP contribution in [0.5, 0.6) is 0 Å². The molecule has 1 N–H and O–H groups in total. The first-order valence-corrected chi connectivity index (χ1v) is 9.24. The van der Waals surface area contributed by atoms with E-state index in [1.165, 1.54) is 0 Å². The van der Waals surface area contributed by atoms with E-state index in [0.29, 0.717) is 12.8 Å². The zero-order valence-corrected chi connectivity index (χ0v) is 14.6. The summed E-state index contributed by atoms with van der Waals surface area (Å²) in [6.07, 6.45) is 2.87. The van der Waals surface area contributed by atoms with Crippen LogP contribution in [0.25, 0.3) is 0 Å². The van der Waals surface area contributed by atoms with Crippen molar-refractivity contribution in [1.82, 2.24) is 9.62 Å². The van der Waals surface area contributed by atoms with Crippen LogP contribution in [-0.2, 0) is 10.0 Å². The minimum Gasteiger partial charge on any atom is -0.332 e. The third-order valence-corrected chi connectivity index (χ3v) is 5.81. The van der Waals surface area contributed by atoms with Gasteiger partial charge in [0.1, 0.15) is 0 Å². The molecule has 1 aliphatic rings. The van der Waals surface area contributed by atoms with Crippen molar-refractivity contribution in [1.29, 1.82) is 0 Å².